The van der Waals surface area contributed by atoms with Crippen LogP contribution >= 0.6 is 0 Å². The summed E-state index contributed by atoms with van der Waals surface area (Å²) in [5.41, 5.74) is 3.08. The van der Waals surface area contributed by atoms with E-state index in [0.717, 1.165) is 49.5 Å². The molecule has 1 aromatic carbocycles. The highest BCUT2D eigenvalue weighted by molar-refractivity contribution is 5.82. The molecule has 7 heteroatoms. The Kier molecular flexibility index (Phi) is 6.51. The summed E-state index contributed by atoms with van der Waals surface area (Å²) >= 11 is 0. The summed E-state index contributed by atoms with van der Waals surface area (Å²) in [6.45, 7) is 7.72. The second-order valence-corrected chi connectivity index (χ2v) is 8.62. The van der Waals surface area contributed by atoms with Crippen LogP contribution < -0.4 is 5.32 Å². The zero-order chi connectivity index (χ0) is 21.1. The molecule has 0 unspecified atom stereocenters. The average molecular weight is 413 g/mol. The van der Waals surface area contributed by atoms with E-state index in [1.165, 1.54) is 5.56 Å². The van der Waals surface area contributed by atoms with Gasteiger partial charge >= 0.3 is 0 Å². The smallest absolute Gasteiger partial charge is 0.237 e. The zero-order valence-electron chi connectivity index (χ0n) is 17.9. The Morgan fingerprint density at radius 2 is 1.97 bits per heavy atom. The van der Waals surface area contributed by atoms with Crippen LogP contribution in [0.25, 0.3) is 0 Å². The lowest BCUT2D eigenvalue weighted by atomic mass is 10.0. The molecule has 2 aliphatic heterocycles. The normalized spacial score (nSPS) is 23.7. The van der Waals surface area contributed by atoms with Gasteiger partial charge in [-0.1, -0.05) is 35.5 Å². The molecule has 2 atom stereocenters. The lowest BCUT2D eigenvalue weighted by Crippen LogP contribution is -2.51. The van der Waals surface area contributed by atoms with Crippen LogP contribution in [0.2, 0.25) is 0 Å². The Morgan fingerprint density at radius 3 is 2.63 bits per heavy atom. The van der Waals surface area contributed by atoms with Crippen molar-refractivity contribution in [1.82, 2.24) is 20.3 Å². The van der Waals surface area contributed by atoms with Gasteiger partial charge in [-0.2, -0.15) is 0 Å². The van der Waals surface area contributed by atoms with Crippen molar-refractivity contribution >= 4 is 5.91 Å². The molecule has 7 nitrogen and oxygen atoms in total. The van der Waals surface area contributed by atoms with E-state index in [4.69, 9.17) is 4.52 Å². The summed E-state index contributed by atoms with van der Waals surface area (Å²) in [4.78, 5) is 17.6. The lowest BCUT2D eigenvalue weighted by Gasteiger charge is -2.38. The molecule has 2 saturated heterocycles. The topological polar surface area (TPSA) is 81.8 Å². The maximum atomic E-state index is 12.9. The third kappa shape index (κ3) is 4.74. The summed E-state index contributed by atoms with van der Waals surface area (Å²) in [6, 6.07) is 10.6. The van der Waals surface area contributed by atoms with Crippen LogP contribution in [0.5, 0.6) is 0 Å². The van der Waals surface area contributed by atoms with Crippen LogP contribution in [-0.2, 0) is 17.9 Å². The maximum absolute atomic E-state index is 12.9. The summed E-state index contributed by atoms with van der Waals surface area (Å²) in [7, 11) is 0. The number of aliphatic hydroxyl groups excluding tert-OH is 1. The molecule has 3 heterocycles. The second kappa shape index (κ2) is 9.29. The summed E-state index contributed by atoms with van der Waals surface area (Å²) < 4.78 is 5.18. The molecule has 30 heavy (non-hydrogen) atoms. The number of carbonyl (C=O) groups is 1. The lowest BCUT2D eigenvalue weighted by molar-refractivity contribution is -0.126. The number of aromatic nitrogens is 1. The van der Waals surface area contributed by atoms with Crippen LogP contribution in [0.15, 0.2) is 34.9 Å². The Labute approximate surface area is 178 Å². The van der Waals surface area contributed by atoms with Crippen LogP contribution in [0.3, 0.4) is 0 Å². The Hall–Kier alpha value is -2.22. The van der Waals surface area contributed by atoms with Gasteiger partial charge in [0.15, 0.2) is 0 Å². The predicted molar refractivity (Wildman–Crippen MR) is 114 cm³/mol. The van der Waals surface area contributed by atoms with Gasteiger partial charge in [-0.05, 0) is 51.8 Å². The molecule has 2 N–H and O–H groups in total. The maximum Gasteiger partial charge on any atom is 0.237 e. The number of carbonyl (C=O) groups excluding carboxylic acids is 1. The fourth-order valence-electron chi connectivity index (χ4n) is 4.80. The average Bonchev–Trinajstić information content (AvgIpc) is 3.29. The molecule has 1 aromatic heterocycles. The Balaban J connectivity index is 1.32. The van der Waals surface area contributed by atoms with E-state index in [1.54, 1.807) is 0 Å². The zero-order valence-corrected chi connectivity index (χ0v) is 17.9. The molecule has 162 valence electrons. The van der Waals surface area contributed by atoms with Gasteiger partial charge in [-0.15, -0.1) is 0 Å². The van der Waals surface area contributed by atoms with Gasteiger partial charge in [0.05, 0.1) is 17.8 Å². The van der Waals surface area contributed by atoms with Gasteiger partial charge < -0.3 is 14.9 Å². The summed E-state index contributed by atoms with van der Waals surface area (Å²) in [5.74, 6) is 0.722. The van der Waals surface area contributed by atoms with E-state index in [0.29, 0.717) is 25.6 Å². The first-order valence-electron chi connectivity index (χ1n) is 10.9. The molecule has 1 amide bonds. The quantitative estimate of drug-likeness (QED) is 0.755. The highest BCUT2D eigenvalue weighted by Gasteiger charge is 2.40. The monoisotopic (exact) mass is 412 g/mol. The van der Waals surface area contributed by atoms with Gasteiger partial charge in [-0.25, -0.2) is 0 Å². The van der Waals surface area contributed by atoms with Crippen LogP contribution in [0, 0.1) is 13.8 Å². The number of nitrogens with one attached hydrogen (secondary N) is 1. The molecule has 0 bridgehead atoms. The Morgan fingerprint density at radius 1 is 1.23 bits per heavy atom. The molecule has 0 spiro atoms. The van der Waals surface area contributed by atoms with E-state index in [-0.39, 0.29) is 11.9 Å². The van der Waals surface area contributed by atoms with E-state index in [9.17, 15) is 9.90 Å². The molecular weight excluding hydrogens is 380 g/mol. The number of nitrogens with zero attached hydrogens (tertiary/aromatic N) is 3. The van der Waals surface area contributed by atoms with E-state index in [1.807, 2.05) is 19.9 Å². The van der Waals surface area contributed by atoms with Gasteiger partial charge in [0.25, 0.3) is 0 Å². The number of hydrogen-bond donors (Lipinski definition) is 2. The van der Waals surface area contributed by atoms with Gasteiger partial charge in [0, 0.05) is 31.2 Å². The highest BCUT2D eigenvalue weighted by atomic mass is 16.5. The number of amides is 1. The fraction of sp³-hybridized carbons (Fsp3) is 0.565. The van der Waals surface area contributed by atoms with Crippen molar-refractivity contribution in [3.05, 3.63) is 52.9 Å². The molecule has 2 aliphatic rings. The van der Waals surface area contributed by atoms with Gasteiger partial charge in [0.2, 0.25) is 5.91 Å². The highest BCUT2D eigenvalue weighted by Crippen LogP contribution is 2.27. The van der Waals surface area contributed by atoms with Crippen molar-refractivity contribution in [2.45, 2.75) is 64.4 Å². The molecule has 2 aromatic rings. The Bertz CT molecular complexity index is 826. The standard InChI is InChI=1S/C23H32N4O3/c1-16-21(17(2)30-25-16)13-24-23(29)22-12-20(28)15-27(22)19-8-10-26(11-9-19)14-18-6-4-3-5-7-18/h3-7,19-20,22,28H,8-15H2,1-2H3,(H,24,29)/t20-,22+/m1/s1. The van der Waals surface area contributed by atoms with Gasteiger partial charge in [0.1, 0.15) is 5.76 Å². The number of likely N-dealkylation sites (tertiary alicyclic amines) is 2. The van der Waals surface area contributed by atoms with Crippen molar-refractivity contribution < 1.29 is 14.4 Å². The van der Waals surface area contributed by atoms with Crippen LogP contribution in [0.1, 0.15) is 41.8 Å². The number of β-amino-alcohol motifs (C(OH)–C–C–N with tert-alkyl or cyclic N) is 1. The molecule has 4 rings (SSSR count). The first-order valence-corrected chi connectivity index (χ1v) is 10.9. The molecule has 0 aliphatic carbocycles. The van der Waals surface area contributed by atoms with Crippen molar-refractivity contribution in [3.8, 4) is 0 Å². The number of hydrogen-bond acceptors (Lipinski definition) is 6. The van der Waals surface area contributed by atoms with E-state index >= 15 is 0 Å². The number of aryl methyl sites for hydroxylation is 2. The number of piperidine rings is 1. The summed E-state index contributed by atoms with van der Waals surface area (Å²) in [6.07, 6.45) is 2.10. The minimum atomic E-state index is -0.442. The number of rotatable bonds is 6. The fourth-order valence-corrected chi connectivity index (χ4v) is 4.80. The molecular formula is C23H32N4O3. The van der Waals surface area contributed by atoms with E-state index < -0.39 is 6.10 Å². The van der Waals surface area contributed by atoms with E-state index in [2.05, 4.69) is 44.5 Å². The van der Waals surface area contributed by atoms with Crippen LogP contribution in [0.4, 0.5) is 0 Å². The number of aliphatic hydroxyl groups is 1. The first kappa shape index (κ1) is 21.0. The third-order valence-corrected chi connectivity index (χ3v) is 6.52. The second-order valence-electron chi connectivity index (χ2n) is 8.62. The minimum Gasteiger partial charge on any atom is -0.392 e. The SMILES string of the molecule is Cc1noc(C)c1CNC(=O)[C@@H]1C[C@@H](O)CN1C1CCN(Cc2ccccc2)CC1. The van der Waals surface area contributed by atoms with Crippen molar-refractivity contribution in [2.24, 2.45) is 0 Å². The van der Waals surface area contributed by atoms with Crippen molar-refractivity contribution in [3.63, 3.8) is 0 Å². The van der Waals surface area contributed by atoms with Crippen molar-refractivity contribution in [2.75, 3.05) is 19.6 Å². The molecule has 0 radical (unpaired) electrons. The largest absolute Gasteiger partial charge is 0.392 e. The van der Waals surface area contributed by atoms with Crippen molar-refractivity contribution in [1.29, 1.82) is 0 Å². The summed E-state index contributed by atoms with van der Waals surface area (Å²) in [5, 5.41) is 17.3. The van der Waals surface area contributed by atoms with Gasteiger partial charge in [-0.3, -0.25) is 14.6 Å². The van der Waals surface area contributed by atoms with Crippen LogP contribution in [-0.4, -0.2) is 63.8 Å². The molecule has 2 fully saturated rings. The number of benzene rings is 1. The molecule has 0 saturated carbocycles. The predicted octanol–water partition coefficient (Wildman–Crippen LogP) is 2.01. The third-order valence-electron chi connectivity index (χ3n) is 6.52. The minimum absolute atomic E-state index is 0.0155. The first-order chi connectivity index (χ1) is 14.5.